The summed E-state index contributed by atoms with van der Waals surface area (Å²) in [5.41, 5.74) is 0. The standard InChI is InChI=1S/C10H14Cl2N2/c1-7(2)9(12)6-14-10-8(11)4-3-5-13-10/h3-5,7,9H,6H2,1-2H3,(H,13,14). The van der Waals surface area contributed by atoms with Crippen molar-refractivity contribution < 1.29 is 0 Å². The second kappa shape index (κ2) is 5.42. The lowest BCUT2D eigenvalue weighted by Crippen LogP contribution is -2.20. The van der Waals surface area contributed by atoms with Gasteiger partial charge in [0.1, 0.15) is 5.82 Å². The molecule has 1 unspecified atom stereocenters. The Bertz CT molecular complexity index is 289. The first-order chi connectivity index (χ1) is 6.61. The van der Waals surface area contributed by atoms with Crippen molar-refractivity contribution in [3.8, 4) is 0 Å². The van der Waals surface area contributed by atoms with E-state index in [9.17, 15) is 0 Å². The predicted octanol–water partition coefficient (Wildman–Crippen LogP) is 3.41. The first-order valence-electron chi connectivity index (χ1n) is 4.59. The van der Waals surface area contributed by atoms with Crippen LogP contribution in [0.15, 0.2) is 18.3 Å². The maximum Gasteiger partial charge on any atom is 0.144 e. The van der Waals surface area contributed by atoms with Crippen molar-refractivity contribution in [2.45, 2.75) is 19.2 Å². The quantitative estimate of drug-likeness (QED) is 0.806. The van der Waals surface area contributed by atoms with Gasteiger partial charge in [0.25, 0.3) is 0 Å². The molecule has 1 aromatic heterocycles. The largest absolute Gasteiger partial charge is 0.367 e. The Labute approximate surface area is 94.6 Å². The Balaban J connectivity index is 2.50. The molecule has 0 bridgehead atoms. The third kappa shape index (κ3) is 3.35. The van der Waals surface area contributed by atoms with Crippen LogP contribution in [0.5, 0.6) is 0 Å². The molecule has 0 aliphatic rings. The van der Waals surface area contributed by atoms with Crippen LogP contribution < -0.4 is 5.32 Å². The smallest absolute Gasteiger partial charge is 0.144 e. The van der Waals surface area contributed by atoms with E-state index in [0.717, 1.165) is 0 Å². The number of halogens is 2. The van der Waals surface area contributed by atoms with Gasteiger partial charge in [-0.25, -0.2) is 4.98 Å². The van der Waals surface area contributed by atoms with Gasteiger partial charge in [-0.05, 0) is 18.1 Å². The number of pyridine rings is 1. The number of alkyl halides is 1. The lowest BCUT2D eigenvalue weighted by atomic mass is 10.1. The van der Waals surface area contributed by atoms with Crippen LogP contribution in [0.1, 0.15) is 13.8 Å². The Hall–Kier alpha value is -0.470. The fourth-order valence-corrected chi connectivity index (χ4v) is 1.21. The van der Waals surface area contributed by atoms with Crippen LogP contribution >= 0.6 is 23.2 Å². The Morgan fingerprint density at radius 2 is 2.21 bits per heavy atom. The van der Waals surface area contributed by atoms with Gasteiger partial charge >= 0.3 is 0 Å². The SMILES string of the molecule is CC(C)C(Cl)CNc1ncccc1Cl. The third-order valence-electron chi connectivity index (χ3n) is 1.95. The summed E-state index contributed by atoms with van der Waals surface area (Å²) in [6, 6.07) is 3.60. The second-order valence-electron chi connectivity index (χ2n) is 3.47. The minimum Gasteiger partial charge on any atom is -0.367 e. The predicted molar refractivity (Wildman–Crippen MR) is 62.2 cm³/mol. The van der Waals surface area contributed by atoms with Gasteiger partial charge in [0.05, 0.1) is 10.4 Å². The second-order valence-corrected chi connectivity index (χ2v) is 4.44. The number of hydrogen-bond donors (Lipinski definition) is 1. The first-order valence-corrected chi connectivity index (χ1v) is 5.41. The maximum absolute atomic E-state index is 6.08. The van der Waals surface area contributed by atoms with Crippen LogP contribution in [-0.2, 0) is 0 Å². The molecule has 14 heavy (non-hydrogen) atoms. The van der Waals surface area contributed by atoms with Crippen LogP contribution in [-0.4, -0.2) is 16.9 Å². The number of hydrogen-bond acceptors (Lipinski definition) is 2. The fourth-order valence-electron chi connectivity index (χ4n) is 0.946. The summed E-state index contributed by atoms with van der Waals surface area (Å²) in [4.78, 5) is 4.11. The zero-order valence-corrected chi connectivity index (χ0v) is 9.81. The molecule has 0 spiro atoms. The number of rotatable bonds is 4. The highest BCUT2D eigenvalue weighted by Gasteiger charge is 2.09. The van der Waals surface area contributed by atoms with E-state index in [1.165, 1.54) is 0 Å². The maximum atomic E-state index is 6.08. The van der Waals surface area contributed by atoms with E-state index < -0.39 is 0 Å². The van der Waals surface area contributed by atoms with E-state index >= 15 is 0 Å². The molecule has 2 nitrogen and oxygen atoms in total. The molecule has 1 atom stereocenters. The van der Waals surface area contributed by atoms with E-state index in [1.807, 2.05) is 0 Å². The first kappa shape index (κ1) is 11.6. The minimum atomic E-state index is 0.0908. The molecule has 0 aliphatic heterocycles. The highest BCUT2D eigenvalue weighted by molar-refractivity contribution is 6.32. The molecule has 0 amide bonds. The normalized spacial score (nSPS) is 12.9. The fraction of sp³-hybridized carbons (Fsp3) is 0.500. The molecule has 78 valence electrons. The summed E-state index contributed by atoms with van der Waals surface area (Å²) in [5, 5.41) is 3.83. The van der Waals surface area contributed by atoms with Crippen LogP contribution in [0.4, 0.5) is 5.82 Å². The molecule has 1 aromatic rings. The van der Waals surface area contributed by atoms with Crippen LogP contribution in [0.25, 0.3) is 0 Å². The summed E-state index contributed by atoms with van der Waals surface area (Å²) < 4.78 is 0. The zero-order chi connectivity index (χ0) is 10.6. The van der Waals surface area contributed by atoms with Gasteiger partial charge in [-0.1, -0.05) is 25.4 Å². The van der Waals surface area contributed by atoms with Crippen molar-refractivity contribution in [2.75, 3.05) is 11.9 Å². The molecule has 1 rings (SSSR count). The number of anilines is 1. The molecule has 0 fully saturated rings. The Morgan fingerprint density at radius 1 is 1.50 bits per heavy atom. The Kier molecular flexibility index (Phi) is 4.49. The molecule has 0 radical (unpaired) electrons. The third-order valence-corrected chi connectivity index (χ3v) is 2.91. The average Bonchev–Trinajstić information content (AvgIpc) is 2.16. The monoisotopic (exact) mass is 232 g/mol. The highest BCUT2D eigenvalue weighted by atomic mass is 35.5. The summed E-state index contributed by atoms with van der Waals surface area (Å²) >= 11 is 12.0. The number of nitrogens with zero attached hydrogens (tertiary/aromatic N) is 1. The Morgan fingerprint density at radius 3 is 2.79 bits per heavy atom. The molecule has 4 heteroatoms. The lowest BCUT2D eigenvalue weighted by molar-refractivity contribution is 0.615. The van der Waals surface area contributed by atoms with E-state index in [-0.39, 0.29) is 5.38 Å². The van der Waals surface area contributed by atoms with Gasteiger partial charge in [0, 0.05) is 12.7 Å². The summed E-state index contributed by atoms with van der Waals surface area (Å²) in [7, 11) is 0. The molecule has 1 N–H and O–H groups in total. The average molecular weight is 233 g/mol. The zero-order valence-electron chi connectivity index (χ0n) is 8.30. The molecule has 0 aromatic carbocycles. The number of nitrogens with one attached hydrogen (secondary N) is 1. The van der Waals surface area contributed by atoms with E-state index in [2.05, 4.69) is 24.1 Å². The minimum absolute atomic E-state index is 0.0908. The summed E-state index contributed by atoms with van der Waals surface area (Å²) in [6.45, 7) is 4.84. The van der Waals surface area contributed by atoms with Gasteiger partial charge < -0.3 is 5.32 Å². The van der Waals surface area contributed by atoms with Crippen LogP contribution in [0.3, 0.4) is 0 Å². The van der Waals surface area contributed by atoms with Crippen molar-refractivity contribution in [3.05, 3.63) is 23.4 Å². The lowest BCUT2D eigenvalue weighted by Gasteiger charge is -2.14. The molecular weight excluding hydrogens is 219 g/mol. The highest BCUT2D eigenvalue weighted by Crippen LogP contribution is 2.18. The van der Waals surface area contributed by atoms with Crippen molar-refractivity contribution in [1.82, 2.24) is 4.98 Å². The van der Waals surface area contributed by atoms with Gasteiger partial charge in [-0.3, -0.25) is 0 Å². The van der Waals surface area contributed by atoms with Crippen LogP contribution in [0.2, 0.25) is 5.02 Å². The van der Waals surface area contributed by atoms with Crippen molar-refractivity contribution in [3.63, 3.8) is 0 Å². The van der Waals surface area contributed by atoms with Gasteiger partial charge in [-0.2, -0.15) is 0 Å². The van der Waals surface area contributed by atoms with Gasteiger partial charge in [0.15, 0.2) is 0 Å². The van der Waals surface area contributed by atoms with Crippen LogP contribution in [0, 0.1) is 5.92 Å². The van der Waals surface area contributed by atoms with Crippen molar-refractivity contribution in [1.29, 1.82) is 0 Å². The molecule has 0 saturated heterocycles. The van der Waals surface area contributed by atoms with Crippen molar-refractivity contribution in [2.24, 2.45) is 5.92 Å². The van der Waals surface area contributed by atoms with E-state index in [0.29, 0.717) is 23.3 Å². The van der Waals surface area contributed by atoms with Crippen molar-refractivity contribution >= 4 is 29.0 Å². The summed E-state index contributed by atoms with van der Waals surface area (Å²) in [5.74, 6) is 1.13. The van der Waals surface area contributed by atoms with E-state index in [4.69, 9.17) is 23.2 Å². The van der Waals surface area contributed by atoms with E-state index in [1.54, 1.807) is 18.3 Å². The summed E-state index contributed by atoms with van der Waals surface area (Å²) in [6.07, 6.45) is 1.70. The molecule has 0 saturated carbocycles. The topological polar surface area (TPSA) is 24.9 Å². The molecular formula is C10H14Cl2N2. The molecule has 1 heterocycles. The van der Waals surface area contributed by atoms with Gasteiger partial charge in [-0.15, -0.1) is 11.6 Å². The van der Waals surface area contributed by atoms with Gasteiger partial charge in [0.2, 0.25) is 0 Å². The molecule has 0 aliphatic carbocycles. The number of aromatic nitrogens is 1.